The lowest BCUT2D eigenvalue weighted by atomic mass is 10.1. The molecule has 1 aromatic heterocycles. The summed E-state index contributed by atoms with van der Waals surface area (Å²) in [6, 6.07) is 8.72. The Labute approximate surface area is 166 Å². The fraction of sp³-hybridized carbons (Fsp3) is 0.474. The molecule has 5 nitrogen and oxygen atoms in total. The van der Waals surface area contributed by atoms with Crippen molar-refractivity contribution >= 4 is 29.9 Å². The molecular formula is C19H27IN4O. The number of nitrogens with zero attached hydrogens (tertiary/aromatic N) is 2. The monoisotopic (exact) mass is 454 g/mol. The second kappa shape index (κ2) is 9.79. The highest BCUT2D eigenvalue weighted by Gasteiger charge is 2.16. The third-order valence-electron chi connectivity index (χ3n) is 4.29. The van der Waals surface area contributed by atoms with Gasteiger partial charge in [-0.1, -0.05) is 30.5 Å². The summed E-state index contributed by atoms with van der Waals surface area (Å²) in [5, 5.41) is 6.82. The number of aromatic nitrogens is 1. The van der Waals surface area contributed by atoms with Gasteiger partial charge in [0.1, 0.15) is 12.0 Å². The van der Waals surface area contributed by atoms with Gasteiger partial charge in [-0.15, -0.1) is 24.0 Å². The molecule has 136 valence electrons. The van der Waals surface area contributed by atoms with E-state index in [4.69, 9.17) is 4.42 Å². The smallest absolute Gasteiger partial charge is 0.226 e. The summed E-state index contributed by atoms with van der Waals surface area (Å²) in [6.45, 7) is 5.51. The Morgan fingerprint density at radius 1 is 1.24 bits per heavy atom. The van der Waals surface area contributed by atoms with Crippen molar-refractivity contribution in [1.29, 1.82) is 0 Å². The zero-order valence-electron chi connectivity index (χ0n) is 14.9. The molecule has 25 heavy (non-hydrogen) atoms. The molecule has 0 spiro atoms. The molecule has 1 aliphatic rings. The van der Waals surface area contributed by atoms with E-state index < -0.39 is 0 Å². The fourth-order valence-corrected chi connectivity index (χ4v) is 2.95. The number of aliphatic imine (C=N–C) groups is 1. The van der Waals surface area contributed by atoms with Gasteiger partial charge in [0, 0.05) is 18.2 Å². The van der Waals surface area contributed by atoms with Crippen molar-refractivity contribution in [2.24, 2.45) is 4.99 Å². The predicted molar refractivity (Wildman–Crippen MR) is 112 cm³/mol. The van der Waals surface area contributed by atoms with Crippen LogP contribution in [0.15, 0.2) is 39.9 Å². The molecule has 1 saturated carbocycles. The van der Waals surface area contributed by atoms with E-state index in [-0.39, 0.29) is 24.0 Å². The number of rotatable bonds is 5. The van der Waals surface area contributed by atoms with Crippen molar-refractivity contribution in [3.8, 4) is 11.5 Å². The highest BCUT2D eigenvalue weighted by Crippen LogP contribution is 2.20. The van der Waals surface area contributed by atoms with Crippen molar-refractivity contribution < 1.29 is 4.42 Å². The van der Waals surface area contributed by atoms with Crippen LogP contribution in [0, 0.1) is 6.92 Å². The Morgan fingerprint density at radius 3 is 2.64 bits per heavy atom. The van der Waals surface area contributed by atoms with Gasteiger partial charge in [-0.3, -0.25) is 0 Å². The molecule has 0 atom stereocenters. The van der Waals surface area contributed by atoms with E-state index in [2.05, 4.69) is 46.6 Å². The van der Waals surface area contributed by atoms with Gasteiger partial charge in [0.15, 0.2) is 5.96 Å². The van der Waals surface area contributed by atoms with E-state index >= 15 is 0 Å². The first kappa shape index (κ1) is 19.8. The van der Waals surface area contributed by atoms with Crippen LogP contribution in [0.25, 0.3) is 11.5 Å². The van der Waals surface area contributed by atoms with Crippen molar-refractivity contribution in [2.75, 3.05) is 6.54 Å². The largest absolute Gasteiger partial charge is 0.444 e. The summed E-state index contributed by atoms with van der Waals surface area (Å²) in [6.07, 6.45) is 6.76. The summed E-state index contributed by atoms with van der Waals surface area (Å²) in [7, 11) is 0. The minimum absolute atomic E-state index is 0. The van der Waals surface area contributed by atoms with Gasteiger partial charge in [-0.25, -0.2) is 9.98 Å². The standard InChI is InChI=1S/C19H26N4O.HI/c1-3-20-19(23-16-6-4-5-7-16)21-12-17-13-24-18(22-17)15-10-8-14(2)9-11-15;/h8-11,13,16H,3-7,12H2,1-2H3,(H2,20,21,23);1H. The zero-order chi connectivity index (χ0) is 16.8. The van der Waals surface area contributed by atoms with Crippen LogP contribution < -0.4 is 10.6 Å². The number of hydrogen-bond donors (Lipinski definition) is 2. The van der Waals surface area contributed by atoms with Crippen LogP contribution in [-0.2, 0) is 6.54 Å². The highest BCUT2D eigenvalue weighted by molar-refractivity contribution is 14.0. The van der Waals surface area contributed by atoms with Gasteiger partial charge in [-0.2, -0.15) is 0 Å². The molecule has 2 aromatic rings. The molecule has 1 aromatic carbocycles. The Hall–Kier alpha value is -1.57. The number of guanidine groups is 1. The van der Waals surface area contributed by atoms with Gasteiger partial charge in [0.2, 0.25) is 5.89 Å². The molecule has 1 fully saturated rings. The average Bonchev–Trinajstić information content (AvgIpc) is 3.25. The number of benzene rings is 1. The SMILES string of the molecule is CCNC(=NCc1coc(-c2ccc(C)cc2)n1)NC1CCCC1.I. The van der Waals surface area contributed by atoms with Crippen LogP contribution in [0.4, 0.5) is 0 Å². The van der Waals surface area contributed by atoms with Crippen molar-refractivity contribution in [1.82, 2.24) is 15.6 Å². The lowest BCUT2D eigenvalue weighted by molar-refractivity contribution is 0.572. The van der Waals surface area contributed by atoms with Crippen LogP contribution in [0.3, 0.4) is 0 Å². The van der Waals surface area contributed by atoms with Crippen LogP contribution in [0.5, 0.6) is 0 Å². The minimum atomic E-state index is 0. The Balaban J connectivity index is 0.00000225. The molecule has 6 heteroatoms. The number of halogens is 1. The van der Waals surface area contributed by atoms with Gasteiger partial charge >= 0.3 is 0 Å². The molecule has 0 radical (unpaired) electrons. The lowest BCUT2D eigenvalue weighted by Gasteiger charge is -2.16. The topological polar surface area (TPSA) is 62.5 Å². The number of oxazole rings is 1. The van der Waals surface area contributed by atoms with E-state index in [0.29, 0.717) is 18.5 Å². The third-order valence-corrected chi connectivity index (χ3v) is 4.29. The first-order chi connectivity index (χ1) is 11.7. The second-order valence-corrected chi connectivity index (χ2v) is 6.33. The summed E-state index contributed by atoms with van der Waals surface area (Å²) in [4.78, 5) is 9.18. The Morgan fingerprint density at radius 2 is 1.96 bits per heavy atom. The minimum Gasteiger partial charge on any atom is -0.444 e. The molecule has 0 amide bonds. The summed E-state index contributed by atoms with van der Waals surface area (Å²) < 4.78 is 5.60. The van der Waals surface area contributed by atoms with Crippen LogP contribution in [0.2, 0.25) is 0 Å². The third kappa shape index (κ3) is 5.73. The summed E-state index contributed by atoms with van der Waals surface area (Å²) in [5.41, 5.74) is 3.06. The average molecular weight is 454 g/mol. The van der Waals surface area contributed by atoms with Crippen LogP contribution >= 0.6 is 24.0 Å². The molecule has 0 unspecified atom stereocenters. The fourth-order valence-electron chi connectivity index (χ4n) is 2.95. The number of aryl methyl sites for hydroxylation is 1. The normalized spacial score (nSPS) is 15.0. The van der Waals surface area contributed by atoms with E-state index in [1.165, 1.54) is 31.2 Å². The van der Waals surface area contributed by atoms with E-state index in [1.54, 1.807) is 6.26 Å². The predicted octanol–water partition coefficient (Wildman–Crippen LogP) is 4.27. The zero-order valence-corrected chi connectivity index (χ0v) is 17.2. The maximum atomic E-state index is 5.60. The molecule has 0 saturated heterocycles. The van der Waals surface area contributed by atoms with Gasteiger partial charge in [0.05, 0.1) is 6.54 Å². The molecule has 0 bridgehead atoms. The molecular weight excluding hydrogens is 427 g/mol. The highest BCUT2D eigenvalue weighted by atomic mass is 127. The second-order valence-electron chi connectivity index (χ2n) is 6.33. The Bertz CT molecular complexity index is 675. The maximum absolute atomic E-state index is 5.60. The first-order valence-electron chi connectivity index (χ1n) is 8.81. The number of hydrogen-bond acceptors (Lipinski definition) is 3. The first-order valence-corrected chi connectivity index (χ1v) is 8.81. The van der Waals surface area contributed by atoms with Crippen molar-refractivity contribution in [3.63, 3.8) is 0 Å². The number of nitrogens with one attached hydrogen (secondary N) is 2. The maximum Gasteiger partial charge on any atom is 0.226 e. The lowest BCUT2D eigenvalue weighted by Crippen LogP contribution is -2.42. The van der Waals surface area contributed by atoms with Gasteiger partial charge in [-0.05, 0) is 38.8 Å². The van der Waals surface area contributed by atoms with Crippen molar-refractivity contribution in [2.45, 2.75) is 52.1 Å². The van der Waals surface area contributed by atoms with E-state index in [1.807, 2.05) is 12.1 Å². The van der Waals surface area contributed by atoms with Gasteiger partial charge < -0.3 is 15.1 Å². The molecule has 2 N–H and O–H groups in total. The van der Waals surface area contributed by atoms with E-state index in [9.17, 15) is 0 Å². The molecule has 3 rings (SSSR count). The van der Waals surface area contributed by atoms with Crippen LogP contribution in [0.1, 0.15) is 43.9 Å². The van der Waals surface area contributed by atoms with Crippen molar-refractivity contribution in [3.05, 3.63) is 41.8 Å². The van der Waals surface area contributed by atoms with Gasteiger partial charge in [0.25, 0.3) is 0 Å². The molecule has 1 heterocycles. The molecule has 0 aliphatic heterocycles. The molecule has 1 aliphatic carbocycles. The summed E-state index contributed by atoms with van der Waals surface area (Å²) in [5.74, 6) is 1.51. The Kier molecular flexibility index (Phi) is 7.74. The summed E-state index contributed by atoms with van der Waals surface area (Å²) >= 11 is 0. The van der Waals surface area contributed by atoms with E-state index in [0.717, 1.165) is 23.8 Å². The quantitative estimate of drug-likeness (QED) is 0.403. The van der Waals surface area contributed by atoms with Crippen LogP contribution in [-0.4, -0.2) is 23.5 Å².